The van der Waals surface area contributed by atoms with E-state index in [4.69, 9.17) is 0 Å². The van der Waals surface area contributed by atoms with Crippen molar-refractivity contribution in [1.82, 2.24) is 0 Å². The molecule has 1 atom stereocenters. The molecule has 0 aliphatic heterocycles. The second kappa shape index (κ2) is 6.78. The number of rotatable bonds is 5. The predicted molar refractivity (Wildman–Crippen MR) is 81.6 cm³/mol. The summed E-state index contributed by atoms with van der Waals surface area (Å²) in [6.45, 7) is 0. The van der Waals surface area contributed by atoms with E-state index in [1.807, 2.05) is 54.6 Å². The highest BCUT2D eigenvalue weighted by Gasteiger charge is 2.19. The normalized spacial score (nSPS) is 12.1. The first-order valence-electron chi connectivity index (χ1n) is 5.84. The lowest BCUT2D eigenvalue weighted by molar-refractivity contribution is -0.136. The van der Waals surface area contributed by atoms with Gasteiger partial charge in [-0.25, -0.2) is 0 Å². The lowest BCUT2D eigenvalue weighted by atomic mass is 10.1. The smallest absolute Gasteiger partial charge is 0.317 e. The number of benzene rings is 2. The molecule has 0 spiro atoms. The van der Waals surface area contributed by atoms with Crippen LogP contribution in [-0.2, 0) is 11.2 Å². The van der Waals surface area contributed by atoms with Gasteiger partial charge in [-0.2, -0.15) is 0 Å². The highest BCUT2D eigenvalue weighted by molar-refractivity contribution is 9.10. The minimum atomic E-state index is -0.781. The van der Waals surface area contributed by atoms with Crippen LogP contribution in [0.2, 0.25) is 0 Å². The van der Waals surface area contributed by atoms with E-state index < -0.39 is 11.2 Å². The van der Waals surface area contributed by atoms with Crippen molar-refractivity contribution >= 4 is 33.7 Å². The molecule has 0 fully saturated rings. The lowest BCUT2D eigenvalue weighted by Gasteiger charge is -2.12. The van der Waals surface area contributed by atoms with Gasteiger partial charge in [0.1, 0.15) is 5.25 Å². The molecule has 0 radical (unpaired) electrons. The first-order valence-corrected chi connectivity index (χ1v) is 7.51. The molecule has 19 heavy (non-hydrogen) atoms. The highest BCUT2D eigenvalue weighted by atomic mass is 79.9. The quantitative estimate of drug-likeness (QED) is 0.830. The van der Waals surface area contributed by atoms with Crippen molar-refractivity contribution in [2.75, 3.05) is 0 Å². The van der Waals surface area contributed by atoms with Crippen molar-refractivity contribution in [2.24, 2.45) is 0 Å². The summed E-state index contributed by atoms with van der Waals surface area (Å²) < 4.78 is 0.999. The van der Waals surface area contributed by atoms with Gasteiger partial charge in [-0.15, -0.1) is 11.8 Å². The van der Waals surface area contributed by atoms with Gasteiger partial charge in [-0.3, -0.25) is 4.79 Å². The van der Waals surface area contributed by atoms with Crippen LogP contribution in [0.5, 0.6) is 0 Å². The number of hydrogen-bond donors (Lipinski definition) is 1. The molecule has 2 aromatic rings. The molecule has 98 valence electrons. The van der Waals surface area contributed by atoms with Crippen LogP contribution in [0.4, 0.5) is 0 Å². The van der Waals surface area contributed by atoms with Crippen LogP contribution in [0, 0.1) is 0 Å². The molecule has 2 aromatic carbocycles. The summed E-state index contributed by atoms with van der Waals surface area (Å²) in [7, 11) is 0. The lowest BCUT2D eigenvalue weighted by Crippen LogP contribution is -2.19. The average Bonchev–Trinajstić information content (AvgIpc) is 2.41. The number of hydrogen-bond acceptors (Lipinski definition) is 2. The van der Waals surface area contributed by atoms with Gasteiger partial charge >= 0.3 is 5.97 Å². The van der Waals surface area contributed by atoms with Crippen LogP contribution in [0.3, 0.4) is 0 Å². The molecule has 0 heterocycles. The Morgan fingerprint density at radius 1 is 1.11 bits per heavy atom. The largest absolute Gasteiger partial charge is 0.480 e. The molecule has 2 nitrogen and oxygen atoms in total. The Bertz CT molecular complexity index is 540. The summed E-state index contributed by atoms with van der Waals surface area (Å²) >= 11 is 4.76. The fourth-order valence-electron chi connectivity index (χ4n) is 1.68. The Hall–Kier alpha value is -1.26. The number of carboxylic acid groups (broad SMARTS) is 1. The molecule has 0 saturated carbocycles. The Morgan fingerprint density at radius 3 is 2.32 bits per heavy atom. The average molecular weight is 337 g/mol. The minimum Gasteiger partial charge on any atom is -0.480 e. The highest BCUT2D eigenvalue weighted by Crippen LogP contribution is 2.26. The van der Waals surface area contributed by atoms with E-state index in [9.17, 15) is 9.90 Å². The van der Waals surface area contributed by atoms with E-state index in [1.165, 1.54) is 11.8 Å². The minimum absolute atomic E-state index is 0.469. The van der Waals surface area contributed by atoms with Crippen LogP contribution in [0.25, 0.3) is 0 Å². The van der Waals surface area contributed by atoms with Gasteiger partial charge in [0.25, 0.3) is 0 Å². The van der Waals surface area contributed by atoms with Crippen molar-refractivity contribution in [2.45, 2.75) is 16.6 Å². The molecular formula is C15H13BrO2S. The van der Waals surface area contributed by atoms with Crippen molar-refractivity contribution in [3.63, 3.8) is 0 Å². The third-order valence-corrected chi connectivity index (χ3v) is 4.36. The first-order chi connectivity index (χ1) is 9.15. The first kappa shape index (κ1) is 14.2. The van der Waals surface area contributed by atoms with Crippen LogP contribution >= 0.6 is 27.7 Å². The van der Waals surface area contributed by atoms with Crippen molar-refractivity contribution in [1.29, 1.82) is 0 Å². The molecule has 0 bridgehead atoms. The zero-order valence-corrected chi connectivity index (χ0v) is 12.5. The van der Waals surface area contributed by atoms with E-state index in [0.29, 0.717) is 6.42 Å². The number of halogens is 1. The Labute approximate surface area is 125 Å². The predicted octanol–water partition coefficient (Wildman–Crippen LogP) is 4.24. The fraction of sp³-hybridized carbons (Fsp3) is 0.133. The standard InChI is InChI=1S/C15H13BrO2S/c16-12-8-6-11(7-9-12)10-14(15(17)18)19-13-4-2-1-3-5-13/h1-9,14H,10H2,(H,17,18). The van der Waals surface area contributed by atoms with Crippen LogP contribution in [0.15, 0.2) is 64.0 Å². The zero-order valence-electron chi connectivity index (χ0n) is 10.1. The second-order valence-electron chi connectivity index (χ2n) is 4.09. The van der Waals surface area contributed by atoms with Gasteiger partial charge in [0.15, 0.2) is 0 Å². The maximum atomic E-state index is 11.3. The zero-order chi connectivity index (χ0) is 13.7. The van der Waals surface area contributed by atoms with Crippen molar-refractivity contribution in [3.8, 4) is 0 Å². The molecule has 1 unspecified atom stereocenters. The monoisotopic (exact) mass is 336 g/mol. The molecule has 0 amide bonds. The Balaban J connectivity index is 2.08. The van der Waals surface area contributed by atoms with Gasteiger partial charge < -0.3 is 5.11 Å². The molecule has 0 saturated heterocycles. The van der Waals surface area contributed by atoms with E-state index in [0.717, 1.165) is 14.9 Å². The van der Waals surface area contributed by atoms with Crippen LogP contribution < -0.4 is 0 Å². The number of carbonyl (C=O) groups is 1. The molecule has 0 aliphatic carbocycles. The SMILES string of the molecule is O=C(O)C(Cc1ccc(Br)cc1)Sc1ccccc1. The van der Waals surface area contributed by atoms with Gasteiger partial charge in [0.05, 0.1) is 0 Å². The maximum absolute atomic E-state index is 11.3. The Morgan fingerprint density at radius 2 is 1.74 bits per heavy atom. The molecule has 0 aliphatic rings. The number of carboxylic acids is 1. The topological polar surface area (TPSA) is 37.3 Å². The summed E-state index contributed by atoms with van der Waals surface area (Å²) in [5.74, 6) is -0.781. The molecule has 0 aromatic heterocycles. The molecular weight excluding hydrogens is 324 g/mol. The van der Waals surface area contributed by atoms with E-state index in [-0.39, 0.29) is 0 Å². The number of aliphatic carboxylic acids is 1. The summed E-state index contributed by atoms with van der Waals surface area (Å²) in [6.07, 6.45) is 0.516. The fourth-order valence-corrected chi connectivity index (χ4v) is 2.96. The molecule has 4 heteroatoms. The third-order valence-electron chi connectivity index (χ3n) is 2.63. The van der Waals surface area contributed by atoms with E-state index in [2.05, 4.69) is 15.9 Å². The number of thioether (sulfide) groups is 1. The van der Waals surface area contributed by atoms with Crippen molar-refractivity contribution in [3.05, 3.63) is 64.6 Å². The van der Waals surface area contributed by atoms with Crippen molar-refractivity contribution < 1.29 is 9.90 Å². The van der Waals surface area contributed by atoms with Gasteiger partial charge in [0, 0.05) is 9.37 Å². The van der Waals surface area contributed by atoms with E-state index in [1.54, 1.807) is 0 Å². The summed E-state index contributed by atoms with van der Waals surface area (Å²) in [5, 5.41) is 8.85. The van der Waals surface area contributed by atoms with Crippen LogP contribution in [-0.4, -0.2) is 16.3 Å². The second-order valence-corrected chi connectivity index (χ2v) is 6.28. The Kier molecular flexibility index (Phi) is 5.05. The molecule has 1 N–H and O–H groups in total. The summed E-state index contributed by atoms with van der Waals surface area (Å²) in [4.78, 5) is 12.3. The summed E-state index contributed by atoms with van der Waals surface area (Å²) in [5.41, 5.74) is 1.03. The van der Waals surface area contributed by atoms with E-state index >= 15 is 0 Å². The third kappa shape index (κ3) is 4.40. The van der Waals surface area contributed by atoms with Gasteiger partial charge in [-0.05, 0) is 36.2 Å². The summed E-state index contributed by atoms with van der Waals surface area (Å²) in [6, 6.07) is 17.4. The van der Waals surface area contributed by atoms with Gasteiger partial charge in [-0.1, -0.05) is 46.3 Å². The van der Waals surface area contributed by atoms with Gasteiger partial charge in [0.2, 0.25) is 0 Å². The maximum Gasteiger partial charge on any atom is 0.317 e. The van der Waals surface area contributed by atoms with Crippen LogP contribution in [0.1, 0.15) is 5.56 Å². The molecule has 2 rings (SSSR count).